The third-order valence-corrected chi connectivity index (χ3v) is 4.04. The molecule has 0 aliphatic carbocycles. The summed E-state index contributed by atoms with van der Waals surface area (Å²) in [6.45, 7) is 2.74. The maximum Gasteiger partial charge on any atom is 0.433 e. The molecule has 1 aliphatic rings. The second-order valence-electron chi connectivity index (χ2n) is 5.82. The lowest BCUT2D eigenvalue weighted by Crippen LogP contribution is -2.25. The van der Waals surface area contributed by atoms with Crippen molar-refractivity contribution in [2.24, 2.45) is 5.92 Å². The summed E-state index contributed by atoms with van der Waals surface area (Å²) in [5, 5.41) is 3.85. The Bertz CT molecular complexity index is 704. The number of hydrogen-bond donors (Lipinski definition) is 0. The zero-order valence-corrected chi connectivity index (χ0v) is 13.2. The highest BCUT2D eigenvalue weighted by molar-refractivity contribution is 5.34. The first-order valence-electron chi connectivity index (χ1n) is 7.47. The van der Waals surface area contributed by atoms with Crippen LogP contribution in [0.2, 0.25) is 0 Å². The SMILES string of the molecule is CO[C@H]1CN(c2nccc(C(F)(F)F)n2)C[C@H]1Cc1cc(C)no1. The Balaban J connectivity index is 1.76. The van der Waals surface area contributed by atoms with Crippen molar-refractivity contribution in [2.75, 3.05) is 25.1 Å². The van der Waals surface area contributed by atoms with Crippen molar-refractivity contribution in [3.05, 3.63) is 35.5 Å². The van der Waals surface area contributed by atoms with Crippen LogP contribution in [0.25, 0.3) is 0 Å². The van der Waals surface area contributed by atoms with E-state index in [0.717, 1.165) is 23.7 Å². The Morgan fingerprint density at radius 3 is 2.79 bits per heavy atom. The van der Waals surface area contributed by atoms with Gasteiger partial charge in [-0.2, -0.15) is 13.2 Å². The van der Waals surface area contributed by atoms with E-state index < -0.39 is 11.9 Å². The molecule has 0 radical (unpaired) electrons. The molecule has 1 saturated heterocycles. The van der Waals surface area contributed by atoms with Gasteiger partial charge in [0.1, 0.15) is 11.5 Å². The van der Waals surface area contributed by atoms with Gasteiger partial charge in [0.15, 0.2) is 0 Å². The van der Waals surface area contributed by atoms with E-state index >= 15 is 0 Å². The summed E-state index contributed by atoms with van der Waals surface area (Å²) >= 11 is 0. The minimum Gasteiger partial charge on any atom is -0.379 e. The number of rotatable bonds is 4. The first-order valence-corrected chi connectivity index (χ1v) is 7.47. The minimum absolute atomic E-state index is 0.0560. The van der Waals surface area contributed by atoms with Crippen LogP contribution in [0.1, 0.15) is 17.1 Å². The summed E-state index contributed by atoms with van der Waals surface area (Å²) in [7, 11) is 1.58. The van der Waals surface area contributed by atoms with Gasteiger partial charge in [0, 0.05) is 44.8 Å². The van der Waals surface area contributed by atoms with E-state index in [-0.39, 0.29) is 18.0 Å². The Kier molecular flexibility index (Phi) is 4.44. The van der Waals surface area contributed by atoms with Gasteiger partial charge in [-0.05, 0) is 13.0 Å². The fraction of sp³-hybridized carbons (Fsp3) is 0.533. The van der Waals surface area contributed by atoms with Gasteiger partial charge in [0.05, 0.1) is 11.8 Å². The summed E-state index contributed by atoms with van der Waals surface area (Å²) < 4.78 is 49.1. The second kappa shape index (κ2) is 6.39. The topological polar surface area (TPSA) is 64.3 Å². The van der Waals surface area contributed by atoms with E-state index in [9.17, 15) is 13.2 Å². The maximum absolute atomic E-state index is 12.8. The van der Waals surface area contributed by atoms with Gasteiger partial charge in [-0.25, -0.2) is 9.97 Å². The molecule has 2 aromatic heterocycles. The quantitative estimate of drug-likeness (QED) is 0.851. The Morgan fingerprint density at radius 2 is 2.17 bits per heavy atom. The number of anilines is 1. The smallest absolute Gasteiger partial charge is 0.379 e. The Labute approximate surface area is 136 Å². The molecule has 130 valence electrons. The first-order chi connectivity index (χ1) is 11.4. The predicted molar refractivity (Wildman–Crippen MR) is 78.5 cm³/mol. The van der Waals surface area contributed by atoms with Gasteiger partial charge in [-0.15, -0.1) is 0 Å². The van der Waals surface area contributed by atoms with Crippen molar-refractivity contribution < 1.29 is 22.4 Å². The van der Waals surface area contributed by atoms with Gasteiger partial charge >= 0.3 is 6.18 Å². The van der Waals surface area contributed by atoms with Crippen molar-refractivity contribution >= 4 is 5.95 Å². The van der Waals surface area contributed by atoms with Gasteiger partial charge < -0.3 is 14.2 Å². The lowest BCUT2D eigenvalue weighted by Gasteiger charge is -2.16. The monoisotopic (exact) mass is 342 g/mol. The van der Waals surface area contributed by atoms with E-state index in [4.69, 9.17) is 9.26 Å². The third kappa shape index (κ3) is 3.50. The second-order valence-corrected chi connectivity index (χ2v) is 5.82. The molecule has 0 saturated carbocycles. The normalized spacial score (nSPS) is 21.5. The van der Waals surface area contributed by atoms with Crippen molar-refractivity contribution in [3.63, 3.8) is 0 Å². The van der Waals surface area contributed by atoms with E-state index in [1.807, 2.05) is 13.0 Å². The van der Waals surface area contributed by atoms with Crippen LogP contribution >= 0.6 is 0 Å². The molecule has 0 bridgehead atoms. The fourth-order valence-electron chi connectivity index (χ4n) is 2.90. The lowest BCUT2D eigenvalue weighted by molar-refractivity contribution is -0.141. The van der Waals surface area contributed by atoms with Crippen LogP contribution in [-0.4, -0.2) is 41.4 Å². The van der Waals surface area contributed by atoms with Crippen LogP contribution in [0, 0.1) is 12.8 Å². The van der Waals surface area contributed by atoms with Crippen LogP contribution in [0.4, 0.5) is 19.1 Å². The van der Waals surface area contributed by atoms with E-state index in [1.54, 1.807) is 12.0 Å². The standard InChI is InChI=1S/C15H17F3N4O2/c1-9-5-11(24-21-9)6-10-7-22(8-12(10)23-2)14-19-4-3-13(20-14)15(16,17)18/h3-5,10,12H,6-8H2,1-2H3/t10-,12+/m1/s1. The van der Waals surface area contributed by atoms with Crippen LogP contribution in [0.3, 0.4) is 0 Å². The van der Waals surface area contributed by atoms with Gasteiger partial charge in [-0.1, -0.05) is 5.16 Å². The summed E-state index contributed by atoms with van der Waals surface area (Å²) in [5.74, 6) is 0.843. The van der Waals surface area contributed by atoms with Gasteiger partial charge in [0.2, 0.25) is 5.95 Å². The molecule has 24 heavy (non-hydrogen) atoms. The largest absolute Gasteiger partial charge is 0.433 e. The predicted octanol–water partition coefficient (Wildman–Crippen LogP) is 2.49. The van der Waals surface area contributed by atoms with Crippen molar-refractivity contribution in [1.29, 1.82) is 0 Å². The van der Waals surface area contributed by atoms with Crippen LogP contribution in [0.15, 0.2) is 22.9 Å². The zero-order chi connectivity index (χ0) is 17.3. The lowest BCUT2D eigenvalue weighted by atomic mass is 10.0. The molecule has 0 amide bonds. The zero-order valence-electron chi connectivity index (χ0n) is 13.2. The van der Waals surface area contributed by atoms with Gasteiger partial charge in [-0.3, -0.25) is 0 Å². The molecule has 1 fully saturated rings. The molecule has 1 aliphatic heterocycles. The highest BCUT2D eigenvalue weighted by Crippen LogP contribution is 2.30. The van der Waals surface area contributed by atoms with Gasteiger partial charge in [0.25, 0.3) is 0 Å². The number of aromatic nitrogens is 3. The Hall–Kier alpha value is -2.16. The molecule has 3 rings (SSSR count). The van der Waals surface area contributed by atoms with E-state index in [0.29, 0.717) is 19.5 Å². The molecular weight excluding hydrogens is 325 g/mol. The third-order valence-electron chi connectivity index (χ3n) is 4.04. The molecule has 0 N–H and O–H groups in total. The molecule has 3 heterocycles. The van der Waals surface area contributed by atoms with Crippen molar-refractivity contribution in [3.8, 4) is 0 Å². The Morgan fingerprint density at radius 1 is 1.38 bits per heavy atom. The molecule has 0 spiro atoms. The van der Waals surface area contributed by atoms with Crippen molar-refractivity contribution in [2.45, 2.75) is 25.6 Å². The number of hydrogen-bond acceptors (Lipinski definition) is 6. The molecule has 0 aromatic carbocycles. The van der Waals surface area contributed by atoms with E-state index in [1.165, 1.54) is 0 Å². The molecular formula is C15H17F3N4O2. The van der Waals surface area contributed by atoms with Crippen LogP contribution in [0.5, 0.6) is 0 Å². The number of alkyl halides is 3. The molecule has 0 unspecified atom stereocenters. The summed E-state index contributed by atoms with van der Waals surface area (Å²) in [5.41, 5.74) is -0.161. The number of ether oxygens (including phenoxy) is 1. The average Bonchev–Trinajstić information content (AvgIpc) is 3.13. The summed E-state index contributed by atoms with van der Waals surface area (Å²) in [6.07, 6.45) is -2.92. The summed E-state index contributed by atoms with van der Waals surface area (Å²) in [6, 6.07) is 2.71. The molecule has 2 atom stereocenters. The molecule has 9 heteroatoms. The number of nitrogens with zero attached hydrogens (tertiary/aromatic N) is 4. The number of aryl methyl sites for hydroxylation is 1. The minimum atomic E-state index is -4.49. The summed E-state index contributed by atoms with van der Waals surface area (Å²) in [4.78, 5) is 9.32. The highest BCUT2D eigenvalue weighted by atomic mass is 19.4. The van der Waals surface area contributed by atoms with E-state index in [2.05, 4.69) is 15.1 Å². The van der Waals surface area contributed by atoms with Crippen LogP contribution < -0.4 is 4.90 Å². The maximum atomic E-state index is 12.8. The first kappa shape index (κ1) is 16.7. The number of methoxy groups -OCH3 is 1. The highest BCUT2D eigenvalue weighted by Gasteiger charge is 2.37. The molecule has 6 nitrogen and oxygen atoms in total. The average molecular weight is 342 g/mol. The fourth-order valence-corrected chi connectivity index (χ4v) is 2.90. The van der Waals surface area contributed by atoms with Crippen molar-refractivity contribution in [1.82, 2.24) is 15.1 Å². The number of halogens is 3. The molecule has 2 aromatic rings. The van der Waals surface area contributed by atoms with Crippen LogP contribution in [-0.2, 0) is 17.3 Å².